The summed E-state index contributed by atoms with van der Waals surface area (Å²) in [4.78, 5) is 29.7. The van der Waals surface area contributed by atoms with Crippen molar-refractivity contribution >= 4 is 22.1 Å². The van der Waals surface area contributed by atoms with Crippen LogP contribution >= 0.6 is 0 Å². The van der Waals surface area contributed by atoms with Crippen LogP contribution in [0.25, 0.3) is 38.9 Å². The van der Waals surface area contributed by atoms with Crippen molar-refractivity contribution in [2.24, 2.45) is 7.05 Å². The Balaban J connectivity index is 1.35. The minimum Gasteiger partial charge on any atom is -0.464 e. The van der Waals surface area contributed by atoms with Gasteiger partial charge in [0.15, 0.2) is 5.65 Å². The number of imidazole rings is 1. The summed E-state index contributed by atoms with van der Waals surface area (Å²) < 4.78 is 57.2. The SMILES string of the molecule is CCOc1ncc2cc(-c3ccc4nc(COC5CN(CCCF)C5)n(C)c4c3)c(=O)n(-c3ccc(OC(F)F)cc3)c2n1. The average Bonchev–Trinajstić information content (AvgIpc) is 3.30. The summed E-state index contributed by atoms with van der Waals surface area (Å²) in [6.07, 6.45) is 2.20. The molecule has 0 spiro atoms. The van der Waals surface area contributed by atoms with Gasteiger partial charge in [-0.1, -0.05) is 6.07 Å². The van der Waals surface area contributed by atoms with Crippen molar-refractivity contribution in [3.63, 3.8) is 0 Å². The van der Waals surface area contributed by atoms with Crippen molar-refractivity contribution in [1.82, 2.24) is 29.0 Å². The zero-order chi connectivity index (χ0) is 30.8. The summed E-state index contributed by atoms with van der Waals surface area (Å²) in [5.41, 5.74) is 2.97. The van der Waals surface area contributed by atoms with E-state index in [4.69, 9.17) is 14.5 Å². The van der Waals surface area contributed by atoms with Crippen molar-refractivity contribution < 1.29 is 27.4 Å². The topological polar surface area (TPSA) is 96.5 Å². The van der Waals surface area contributed by atoms with Crippen molar-refractivity contribution in [2.45, 2.75) is 32.7 Å². The Morgan fingerprint density at radius 1 is 1.07 bits per heavy atom. The van der Waals surface area contributed by atoms with E-state index >= 15 is 0 Å². The number of aryl methyl sites for hydroxylation is 1. The maximum Gasteiger partial charge on any atom is 0.387 e. The molecule has 1 saturated heterocycles. The molecule has 4 heterocycles. The number of benzene rings is 2. The number of hydrogen-bond donors (Lipinski definition) is 0. The van der Waals surface area contributed by atoms with Crippen molar-refractivity contribution in [1.29, 1.82) is 0 Å². The van der Waals surface area contributed by atoms with E-state index in [0.29, 0.717) is 47.5 Å². The number of rotatable bonds is 12. The van der Waals surface area contributed by atoms with E-state index in [2.05, 4.69) is 19.6 Å². The summed E-state index contributed by atoms with van der Waals surface area (Å²) in [7, 11) is 1.90. The van der Waals surface area contributed by atoms with E-state index in [1.807, 2.05) is 29.8 Å². The van der Waals surface area contributed by atoms with Crippen LogP contribution < -0.4 is 15.0 Å². The van der Waals surface area contributed by atoms with Crippen molar-refractivity contribution in [3.05, 3.63) is 70.9 Å². The molecule has 10 nitrogen and oxygen atoms in total. The molecule has 13 heteroatoms. The second-order valence-corrected chi connectivity index (χ2v) is 10.5. The first-order valence-electron chi connectivity index (χ1n) is 14.3. The zero-order valence-electron chi connectivity index (χ0n) is 24.3. The highest BCUT2D eigenvalue weighted by Crippen LogP contribution is 2.28. The molecule has 1 aliphatic rings. The fraction of sp³-hybridized carbons (Fsp3) is 0.355. The van der Waals surface area contributed by atoms with Crippen LogP contribution in [0, 0.1) is 0 Å². The van der Waals surface area contributed by atoms with Gasteiger partial charge in [0.05, 0.1) is 36.1 Å². The molecule has 3 aromatic heterocycles. The molecule has 1 fully saturated rings. The Labute approximate surface area is 250 Å². The highest BCUT2D eigenvalue weighted by Gasteiger charge is 2.27. The Hall–Kier alpha value is -4.49. The third kappa shape index (κ3) is 5.97. The Bertz CT molecular complexity index is 1840. The number of pyridine rings is 1. The largest absolute Gasteiger partial charge is 0.464 e. The minimum atomic E-state index is -2.97. The van der Waals surface area contributed by atoms with Crippen LogP contribution in [0.3, 0.4) is 0 Å². The molecule has 0 bridgehead atoms. The summed E-state index contributed by atoms with van der Waals surface area (Å²) >= 11 is 0. The summed E-state index contributed by atoms with van der Waals surface area (Å²) in [6.45, 7) is 1.48. The molecule has 0 unspecified atom stereocenters. The second-order valence-electron chi connectivity index (χ2n) is 10.5. The van der Waals surface area contributed by atoms with E-state index in [9.17, 15) is 18.0 Å². The first-order chi connectivity index (χ1) is 21.3. The van der Waals surface area contributed by atoms with Crippen LogP contribution in [0.4, 0.5) is 13.2 Å². The van der Waals surface area contributed by atoms with Crippen LogP contribution in [0.5, 0.6) is 11.8 Å². The average molecular weight is 609 g/mol. The highest BCUT2D eigenvalue weighted by molar-refractivity contribution is 5.86. The lowest BCUT2D eigenvalue weighted by atomic mass is 10.0. The van der Waals surface area contributed by atoms with Crippen LogP contribution in [-0.2, 0) is 18.4 Å². The van der Waals surface area contributed by atoms with Crippen molar-refractivity contribution in [2.75, 3.05) is 32.9 Å². The molecule has 0 atom stereocenters. The molecule has 6 rings (SSSR count). The maximum atomic E-state index is 14.1. The normalized spacial score (nSPS) is 14.0. The molecule has 1 aliphatic heterocycles. The number of ether oxygens (including phenoxy) is 3. The van der Waals surface area contributed by atoms with E-state index in [1.54, 1.807) is 19.2 Å². The molecule has 0 N–H and O–H groups in total. The van der Waals surface area contributed by atoms with E-state index in [0.717, 1.165) is 36.5 Å². The molecule has 0 amide bonds. The van der Waals surface area contributed by atoms with Gasteiger partial charge in [-0.3, -0.25) is 18.7 Å². The number of halogens is 3. The number of likely N-dealkylation sites (tertiary alicyclic amines) is 1. The first-order valence-corrected chi connectivity index (χ1v) is 14.3. The van der Waals surface area contributed by atoms with Gasteiger partial charge < -0.3 is 18.8 Å². The smallest absolute Gasteiger partial charge is 0.387 e. The van der Waals surface area contributed by atoms with Crippen molar-refractivity contribution in [3.8, 4) is 28.6 Å². The lowest BCUT2D eigenvalue weighted by Crippen LogP contribution is -2.52. The number of aromatic nitrogens is 5. The third-order valence-electron chi connectivity index (χ3n) is 7.58. The quantitative estimate of drug-likeness (QED) is 0.198. The number of hydrogen-bond acceptors (Lipinski definition) is 8. The van der Waals surface area contributed by atoms with Gasteiger partial charge in [0.25, 0.3) is 5.56 Å². The number of nitrogens with zero attached hydrogens (tertiary/aromatic N) is 6. The summed E-state index contributed by atoms with van der Waals surface area (Å²) in [6, 6.07) is 13.2. The summed E-state index contributed by atoms with van der Waals surface area (Å²) in [5.74, 6) is 0.716. The van der Waals surface area contributed by atoms with Gasteiger partial charge >= 0.3 is 12.6 Å². The lowest BCUT2D eigenvalue weighted by molar-refractivity contribution is -0.0652. The standard InChI is InChI=1S/C31H31F3N6O4/c1-3-42-31-35-15-20-13-24(29(41)40(28(20)37-31)21-6-8-22(9-7-21)44-30(33)34)19-5-10-25-26(14-19)38(2)27(36-25)18-43-23-16-39(17-23)12-4-11-32/h5-10,13-15,23,30H,3-4,11-12,16-18H2,1-2H3. The van der Waals surface area contributed by atoms with Crippen LogP contribution in [-0.4, -0.2) is 74.6 Å². The fourth-order valence-corrected chi connectivity index (χ4v) is 5.33. The van der Waals surface area contributed by atoms with Gasteiger partial charge in [-0.2, -0.15) is 13.8 Å². The van der Waals surface area contributed by atoms with Gasteiger partial charge in [-0.15, -0.1) is 0 Å². The second kappa shape index (κ2) is 12.6. The predicted octanol–water partition coefficient (Wildman–Crippen LogP) is 4.89. The molecule has 0 aliphatic carbocycles. The van der Waals surface area contributed by atoms with E-state index in [1.165, 1.54) is 28.8 Å². The van der Waals surface area contributed by atoms with Gasteiger partial charge in [-0.25, -0.2) is 9.97 Å². The molecule has 2 aromatic carbocycles. The lowest BCUT2D eigenvalue weighted by Gasteiger charge is -2.38. The molecule has 44 heavy (non-hydrogen) atoms. The Morgan fingerprint density at radius 3 is 2.59 bits per heavy atom. The van der Waals surface area contributed by atoms with Gasteiger partial charge in [0.2, 0.25) is 0 Å². The Kier molecular flexibility index (Phi) is 8.49. The highest BCUT2D eigenvalue weighted by atomic mass is 19.3. The first kappa shape index (κ1) is 29.6. The molecule has 230 valence electrons. The molecular weight excluding hydrogens is 577 g/mol. The fourth-order valence-electron chi connectivity index (χ4n) is 5.33. The molecule has 0 saturated carbocycles. The van der Waals surface area contributed by atoms with E-state index in [-0.39, 0.29) is 30.1 Å². The molecule has 5 aromatic rings. The maximum absolute atomic E-state index is 14.1. The van der Waals surface area contributed by atoms with Crippen LogP contribution in [0.2, 0.25) is 0 Å². The summed E-state index contributed by atoms with van der Waals surface area (Å²) in [5, 5.41) is 0.580. The van der Waals surface area contributed by atoms with Crippen LogP contribution in [0.1, 0.15) is 19.2 Å². The van der Waals surface area contributed by atoms with Gasteiger partial charge in [-0.05, 0) is 61.4 Å². The predicted molar refractivity (Wildman–Crippen MR) is 158 cm³/mol. The third-order valence-corrected chi connectivity index (χ3v) is 7.58. The minimum absolute atomic E-state index is 0.0326. The molecule has 0 radical (unpaired) electrons. The van der Waals surface area contributed by atoms with Gasteiger partial charge in [0.1, 0.15) is 18.2 Å². The van der Waals surface area contributed by atoms with Crippen LogP contribution in [0.15, 0.2) is 59.5 Å². The zero-order valence-corrected chi connectivity index (χ0v) is 24.3. The monoisotopic (exact) mass is 608 g/mol. The van der Waals surface area contributed by atoms with Gasteiger partial charge in [0, 0.05) is 43.8 Å². The number of fused-ring (bicyclic) bond motifs is 2. The Morgan fingerprint density at radius 2 is 1.86 bits per heavy atom. The number of alkyl halides is 3. The molecular formula is C31H31F3N6O4. The van der Waals surface area contributed by atoms with E-state index < -0.39 is 6.61 Å².